The summed E-state index contributed by atoms with van der Waals surface area (Å²) in [6.07, 6.45) is 5.52. The van der Waals surface area contributed by atoms with E-state index in [1.165, 1.54) is 4.90 Å². The van der Waals surface area contributed by atoms with Crippen molar-refractivity contribution in [1.29, 1.82) is 0 Å². The van der Waals surface area contributed by atoms with Crippen molar-refractivity contribution in [1.82, 2.24) is 4.90 Å². The summed E-state index contributed by atoms with van der Waals surface area (Å²) in [7, 11) is 0. The van der Waals surface area contributed by atoms with Crippen molar-refractivity contribution in [2.24, 2.45) is 35.5 Å². The van der Waals surface area contributed by atoms with E-state index in [0.29, 0.717) is 49.4 Å². The van der Waals surface area contributed by atoms with Gasteiger partial charge in [0.25, 0.3) is 5.91 Å². The Bertz CT molecular complexity index is 866. The van der Waals surface area contributed by atoms with E-state index in [2.05, 4.69) is 12.2 Å². The number of imide groups is 1. The summed E-state index contributed by atoms with van der Waals surface area (Å²) in [6.45, 7) is 2.29. The van der Waals surface area contributed by atoms with E-state index in [4.69, 9.17) is 4.74 Å². The number of allylic oxidation sites excluding steroid dienone is 2. The van der Waals surface area contributed by atoms with Crippen molar-refractivity contribution in [2.75, 3.05) is 31.2 Å². The summed E-state index contributed by atoms with van der Waals surface area (Å²) in [4.78, 5) is 42.1. The molecule has 1 aromatic rings. The molecule has 6 unspecified atom stereocenters. The van der Waals surface area contributed by atoms with E-state index in [0.717, 1.165) is 6.42 Å². The molecule has 6 atom stereocenters. The Balaban J connectivity index is 1.26. The minimum absolute atomic E-state index is 0.0371. The number of ether oxygens (including phenoxy) is 1. The molecular formula is C22H22N2O4. The lowest BCUT2D eigenvalue weighted by Gasteiger charge is -2.37. The number of hydrogen-bond donors (Lipinski definition) is 0. The van der Waals surface area contributed by atoms with Gasteiger partial charge in [-0.15, -0.1) is 0 Å². The van der Waals surface area contributed by atoms with Crippen LogP contribution in [0.2, 0.25) is 0 Å². The van der Waals surface area contributed by atoms with Gasteiger partial charge in [0, 0.05) is 18.7 Å². The fourth-order valence-corrected chi connectivity index (χ4v) is 5.91. The van der Waals surface area contributed by atoms with E-state index < -0.39 is 0 Å². The average molecular weight is 378 g/mol. The third-order valence-electron chi connectivity index (χ3n) is 7.33. The molecule has 1 aromatic carbocycles. The highest BCUT2D eigenvalue weighted by molar-refractivity contribution is 6.22. The highest BCUT2D eigenvalue weighted by atomic mass is 16.5. The van der Waals surface area contributed by atoms with Crippen LogP contribution in [0.25, 0.3) is 0 Å². The molecule has 2 saturated heterocycles. The first kappa shape index (κ1) is 16.5. The maximum atomic E-state index is 13.2. The number of benzene rings is 1. The second-order valence-electron chi connectivity index (χ2n) is 8.62. The van der Waals surface area contributed by atoms with Crippen LogP contribution in [-0.2, 0) is 14.3 Å². The molecule has 6 nitrogen and oxygen atoms in total. The summed E-state index contributed by atoms with van der Waals surface area (Å²) in [5.41, 5.74) is 1.15. The minimum atomic E-state index is -0.194. The minimum Gasteiger partial charge on any atom is -0.378 e. The number of amides is 3. The normalized spacial score (nSPS) is 37.9. The molecule has 7 rings (SSSR count). The lowest BCUT2D eigenvalue weighted by Crippen LogP contribution is -2.40. The fourth-order valence-electron chi connectivity index (χ4n) is 5.91. The lowest BCUT2D eigenvalue weighted by atomic mass is 9.63. The van der Waals surface area contributed by atoms with Gasteiger partial charge < -0.3 is 9.64 Å². The zero-order chi connectivity index (χ0) is 19.0. The average Bonchev–Trinajstić information content (AvgIpc) is 3.52. The number of carbonyl (C=O) groups excluding carboxylic acids is 3. The molecule has 4 fully saturated rings. The molecule has 0 N–H and O–H groups in total. The SMILES string of the molecule is O=C(c1ccc(N2C(=O)C3C4C=CC(C5CC45)C3C2=O)cc1)N1CCOCC1. The van der Waals surface area contributed by atoms with Crippen LogP contribution < -0.4 is 4.90 Å². The molecule has 6 aliphatic rings. The van der Waals surface area contributed by atoms with E-state index in [1.54, 1.807) is 29.2 Å². The van der Waals surface area contributed by atoms with Gasteiger partial charge in [0.15, 0.2) is 0 Å². The largest absolute Gasteiger partial charge is 0.378 e. The Kier molecular flexibility index (Phi) is 3.39. The van der Waals surface area contributed by atoms with E-state index >= 15 is 0 Å². The van der Waals surface area contributed by atoms with E-state index in [9.17, 15) is 14.4 Å². The van der Waals surface area contributed by atoms with Gasteiger partial charge in [-0.1, -0.05) is 12.2 Å². The predicted octanol–water partition coefficient (Wildman–Crippen LogP) is 1.72. The Morgan fingerprint density at radius 2 is 1.46 bits per heavy atom. The first-order chi connectivity index (χ1) is 13.6. The molecule has 2 aliphatic heterocycles. The van der Waals surface area contributed by atoms with Gasteiger partial charge in [-0.3, -0.25) is 19.3 Å². The number of carbonyl (C=O) groups is 3. The molecule has 144 valence electrons. The van der Waals surface area contributed by atoms with Crippen molar-refractivity contribution in [3.63, 3.8) is 0 Å². The standard InChI is InChI=1S/C22H22N2O4/c25-20(23-7-9-28-10-8-23)12-1-3-13(4-2-12)24-21(26)18-14-5-6-15(17-11-16(14)17)19(18)22(24)27/h1-6,14-19H,7-11H2. The van der Waals surface area contributed by atoms with Crippen LogP contribution in [0.5, 0.6) is 0 Å². The van der Waals surface area contributed by atoms with Gasteiger partial charge in [0.05, 0.1) is 30.7 Å². The molecule has 3 amide bonds. The predicted molar refractivity (Wildman–Crippen MR) is 100 cm³/mol. The number of nitrogens with zero attached hydrogens (tertiary/aromatic N) is 2. The Morgan fingerprint density at radius 3 is 2.04 bits per heavy atom. The third kappa shape index (κ3) is 2.15. The van der Waals surface area contributed by atoms with Crippen LogP contribution in [-0.4, -0.2) is 48.9 Å². The first-order valence-corrected chi connectivity index (χ1v) is 10.2. The van der Waals surface area contributed by atoms with Crippen LogP contribution in [0.15, 0.2) is 36.4 Å². The second kappa shape index (κ2) is 5.77. The van der Waals surface area contributed by atoms with Crippen molar-refractivity contribution in [3.05, 3.63) is 42.0 Å². The molecule has 4 aliphatic carbocycles. The molecule has 0 spiro atoms. The van der Waals surface area contributed by atoms with Gasteiger partial charge in [-0.2, -0.15) is 0 Å². The smallest absolute Gasteiger partial charge is 0.254 e. The van der Waals surface area contributed by atoms with Crippen molar-refractivity contribution in [2.45, 2.75) is 6.42 Å². The summed E-state index contributed by atoms with van der Waals surface area (Å²) in [6, 6.07) is 6.91. The summed E-state index contributed by atoms with van der Waals surface area (Å²) in [5, 5.41) is 0. The summed E-state index contributed by atoms with van der Waals surface area (Å²) in [5.74, 6) is 1.10. The molecule has 2 heterocycles. The van der Waals surface area contributed by atoms with Crippen LogP contribution >= 0.6 is 0 Å². The lowest BCUT2D eigenvalue weighted by molar-refractivity contribution is -0.124. The molecule has 0 aromatic heterocycles. The summed E-state index contributed by atoms with van der Waals surface area (Å²) < 4.78 is 5.29. The zero-order valence-electron chi connectivity index (χ0n) is 15.5. The molecule has 6 heteroatoms. The Hall–Kier alpha value is -2.47. The van der Waals surface area contributed by atoms with Crippen LogP contribution in [0, 0.1) is 35.5 Å². The number of morpholine rings is 1. The number of rotatable bonds is 2. The van der Waals surface area contributed by atoms with Crippen molar-refractivity contribution >= 4 is 23.4 Å². The second-order valence-corrected chi connectivity index (χ2v) is 8.62. The van der Waals surface area contributed by atoms with Gasteiger partial charge in [0.1, 0.15) is 0 Å². The monoisotopic (exact) mass is 378 g/mol. The maximum absolute atomic E-state index is 13.2. The van der Waals surface area contributed by atoms with E-state index in [1.807, 2.05) is 0 Å². The molecule has 0 radical (unpaired) electrons. The van der Waals surface area contributed by atoms with Crippen LogP contribution in [0.4, 0.5) is 5.69 Å². The van der Waals surface area contributed by atoms with Crippen molar-refractivity contribution < 1.29 is 19.1 Å². The van der Waals surface area contributed by atoms with Gasteiger partial charge >= 0.3 is 0 Å². The highest BCUT2D eigenvalue weighted by Crippen LogP contribution is 2.65. The third-order valence-corrected chi connectivity index (χ3v) is 7.33. The molecule has 2 saturated carbocycles. The number of anilines is 1. The van der Waals surface area contributed by atoms with Crippen LogP contribution in [0.3, 0.4) is 0 Å². The fraction of sp³-hybridized carbons (Fsp3) is 0.500. The molecule has 28 heavy (non-hydrogen) atoms. The van der Waals surface area contributed by atoms with E-state index in [-0.39, 0.29) is 41.4 Å². The quantitative estimate of drug-likeness (QED) is 0.581. The van der Waals surface area contributed by atoms with Crippen LogP contribution in [0.1, 0.15) is 16.8 Å². The number of hydrogen-bond acceptors (Lipinski definition) is 4. The first-order valence-electron chi connectivity index (χ1n) is 10.2. The highest BCUT2D eigenvalue weighted by Gasteiger charge is 2.67. The summed E-state index contributed by atoms with van der Waals surface area (Å²) >= 11 is 0. The van der Waals surface area contributed by atoms with Crippen molar-refractivity contribution in [3.8, 4) is 0 Å². The van der Waals surface area contributed by atoms with Gasteiger partial charge in [0.2, 0.25) is 11.8 Å². The zero-order valence-corrected chi connectivity index (χ0v) is 15.5. The van der Waals surface area contributed by atoms with Gasteiger partial charge in [-0.25, -0.2) is 0 Å². The Morgan fingerprint density at radius 1 is 0.893 bits per heavy atom. The topological polar surface area (TPSA) is 66.9 Å². The van der Waals surface area contributed by atoms with Gasteiger partial charge in [-0.05, 0) is 54.4 Å². The molecular weight excluding hydrogens is 356 g/mol. The molecule has 2 bridgehead atoms. The maximum Gasteiger partial charge on any atom is 0.254 e. The Labute approximate surface area is 163 Å².